The van der Waals surface area contributed by atoms with E-state index in [0.717, 1.165) is 11.3 Å². The van der Waals surface area contributed by atoms with Crippen LogP contribution in [-0.2, 0) is 4.74 Å². The molecule has 3 N–H and O–H groups in total. The minimum atomic E-state index is -1.21. The van der Waals surface area contributed by atoms with Crippen molar-refractivity contribution in [3.05, 3.63) is 40.7 Å². The number of amides is 1. The van der Waals surface area contributed by atoms with Crippen LogP contribution in [-0.4, -0.2) is 34.9 Å². The van der Waals surface area contributed by atoms with Gasteiger partial charge in [-0.3, -0.25) is 4.79 Å². The molecule has 128 valence electrons. The van der Waals surface area contributed by atoms with E-state index >= 15 is 0 Å². The number of para-hydroxylation sites is 1. The molecule has 2 aromatic rings. The molecule has 0 aliphatic rings. The van der Waals surface area contributed by atoms with Crippen LogP contribution in [0, 0.1) is 5.21 Å². The summed E-state index contributed by atoms with van der Waals surface area (Å²) in [5.74, 6) is -1.27. The Bertz CT molecular complexity index is 748. The summed E-state index contributed by atoms with van der Waals surface area (Å²) in [5, 5.41) is 22.0. The second-order valence-corrected chi connectivity index (χ2v) is 6.44. The third kappa shape index (κ3) is 4.10. The van der Waals surface area contributed by atoms with Gasteiger partial charge in [-0.25, -0.2) is 15.0 Å². The van der Waals surface area contributed by atoms with E-state index in [1.54, 1.807) is 19.2 Å². The lowest BCUT2D eigenvalue weighted by Crippen LogP contribution is -2.99. The molecule has 0 spiro atoms. The standard InChI is InChI=1S/C14H15N3O5S2/c1-3-22-13(19)10-12(24-14(15-10)23-2)16-11(18)8-6-4-5-7-9(8)17(20)21/h4-7,17,20H,3H2,1-2H3,(H,16,18). The number of thioether (sulfide) groups is 1. The van der Waals surface area contributed by atoms with Gasteiger partial charge in [0.15, 0.2) is 15.7 Å². The Balaban J connectivity index is 2.32. The number of carbonyl (C=O) groups excluding carboxylic acids is 2. The third-order valence-electron chi connectivity index (χ3n) is 2.88. The van der Waals surface area contributed by atoms with Gasteiger partial charge in [-0.05, 0) is 19.2 Å². The first kappa shape index (κ1) is 18.4. The van der Waals surface area contributed by atoms with Gasteiger partial charge in [0, 0.05) is 6.07 Å². The summed E-state index contributed by atoms with van der Waals surface area (Å²) in [6, 6.07) is 5.83. The summed E-state index contributed by atoms with van der Waals surface area (Å²) in [5.41, 5.74) is -0.117. The summed E-state index contributed by atoms with van der Waals surface area (Å²) >= 11 is 2.45. The molecule has 1 unspecified atom stereocenters. The van der Waals surface area contributed by atoms with Crippen LogP contribution in [0.5, 0.6) is 0 Å². The molecule has 24 heavy (non-hydrogen) atoms. The topological polar surface area (TPSA) is 116 Å². The molecular formula is C14H15N3O5S2. The molecule has 0 fully saturated rings. The van der Waals surface area contributed by atoms with Crippen molar-refractivity contribution < 1.29 is 24.8 Å². The number of anilines is 1. The monoisotopic (exact) mass is 369 g/mol. The summed E-state index contributed by atoms with van der Waals surface area (Å²) in [6.45, 7) is 1.85. The van der Waals surface area contributed by atoms with Gasteiger partial charge in [0.2, 0.25) is 0 Å². The Morgan fingerprint density at radius 2 is 2.17 bits per heavy atom. The highest BCUT2D eigenvalue weighted by Gasteiger charge is 2.23. The molecule has 0 radical (unpaired) electrons. The fraction of sp³-hybridized carbons (Fsp3) is 0.214. The van der Waals surface area contributed by atoms with Crippen LogP contribution >= 0.6 is 23.1 Å². The van der Waals surface area contributed by atoms with Crippen LogP contribution in [0.2, 0.25) is 0 Å². The van der Waals surface area contributed by atoms with Crippen molar-refractivity contribution in [2.75, 3.05) is 18.2 Å². The van der Waals surface area contributed by atoms with Gasteiger partial charge in [0.05, 0.1) is 6.61 Å². The Morgan fingerprint density at radius 1 is 1.46 bits per heavy atom. The van der Waals surface area contributed by atoms with Crippen molar-refractivity contribution in [2.24, 2.45) is 0 Å². The SMILES string of the molecule is CCOC(=O)c1nc(SC)sc1NC(=O)c1ccccc1[NH+]([O-])O. The van der Waals surface area contributed by atoms with Gasteiger partial charge in [0.25, 0.3) is 5.91 Å². The maximum atomic E-state index is 12.4. The number of ether oxygens (including phenoxy) is 1. The van der Waals surface area contributed by atoms with E-state index in [9.17, 15) is 14.8 Å². The zero-order valence-corrected chi connectivity index (χ0v) is 14.5. The molecule has 8 nitrogen and oxygen atoms in total. The highest BCUT2D eigenvalue weighted by Crippen LogP contribution is 2.31. The van der Waals surface area contributed by atoms with Crippen molar-refractivity contribution in [3.8, 4) is 0 Å². The Hall–Kier alpha value is -1.98. The van der Waals surface area contributed by atoms with Crippen LogP contribution in [0.15, 0.2) is 28.6 Å². The fourth-order valence-corrected chi connectivity index (χ4v) is 3.30. The second kappa shape index (κ2) is 8.22. The Kier molecular flexibility index (Phi) is 6.29. The first-order valence-electron chi connectivity index (χ1n) is 6.83. The second-order valence-electron chi connectivity index (χ2n) is 4.39. The number of hydrogen-bond donors (Lipinski definition) is 3. The fourth-order valence-electron chi connectivity index (χ4n) is 1.85. The number of carbonyl (C=O) groups is 2. The van der Waals surface area contributed by atoms with Gasteiger partial charge >= 0.3 is 5.97 Å². The molecule has 10 heteroatoms. The van der Waals surface area contributed by atoms with Crippen LogP contribution in [0.3, 0.4) is 0 Å². The van der Waals surface area contributed by atoms with Crippen LogP contribution in [0.25, 0.3) is 0 Å². The number of esters is 1. The van der Waals surface area contributed by atoms with E-state index < -0.39 is 17.1 Å². The number of rotatable bonds is 6. The molecule has 2 rings (SSSR count). The number of benzene rings is 1. The van der Waals surface area contributed by atoms with Crippen molar-refractivity contribution in [3.63, 3.8) is 0 Å². The molecule has 0 saturated carbocycles. The summed E-state index contributed by atoms with van der Waals surface area (Å²) in [4.78, 5) is 28.5. The number of hydrogen-bond acceptors (Lipinski definition) is 8. The molecule has 0 saturated heterocycles. The predicted molar refractivity (Wildman–Crippen MR) is 90.0 cm³/mol. The first-order valence-corrected chi connectivity index (χ1v) is 8.87. The molecule has 0 bridgehead atoms. The van der Waals surface area contributed by atoms with Crippen LogP contribution in [0.1, 0.15) is 27.8 Å². The van der Waals surface area contributed by atoms with Crippen molar-refractivity contribution in [1.29, 1.82) is 0 Å². The third-order valence-corrected chi connectivity index (χ3v) is 4.84. The van der Waals surface area contributed by atoms with Crippen molar-refractivity contribution in [1.82, 2.24) is 4.98 Å². The van der Waals surface area contributed by atoms with Gasteiger partial charge < -0.3 is 15.3 Å². The quantitative estimate of drug-likeness (QED) is 0.403. The molecular weight excluding hydrogens is 354 g/mol. The smallest absolute Gasteiger partial charge is 0.360 e. The Morgan fingerprint density at radius 3 is 2.79 bits per heavy atom. The minimum Gasteiger partial charge on any atom is -0.595 e. The zero-order valence-electron chi connectivity index (χ0n) is 12.9. The predicted octanol–water partition coefficient (Wildman–Crippen LogP) is 1.70. The number of thiazole rings is 1. The van der Waals surface area contributed by atoms with Crippen LogP contribution in [0.4, 0.5) is 10.7 Å². The van der Waals surface area contributed by atoms with E-state index in [1.807, 2.05) is 0 Å². The molecule has 1 aromatic carbocycles. The van der Waals surface area contributed by atoms with Gasteiger partial charge in [-0.1, -0.05) is 35.2 Å². The molecule has 0 aliphatic carbocycles. The molecule has 1 atom stereocenters. The zero-order chi connectivity index (χ0) is 17.7. The molecule has 1 heterocycles. The van der Waals surface area contributed by atoms with Crippen molar-refractivity contribution in [2.45, 2.75) is 11.3 Å². The minimum absolute atomic E-state index is 0.00101. The maximum Gasteiger partial charge on any atom is 0.360 e. The lowest BCUT2D eigenvalue weighted by Gasteiger charge is -2.14. The number of quaternary nitrogens is 1. The largest absolute Gasteiger partial charge is 0.595 e. The number of aromatic nitrogens is 1. The normalized spacial score (nSPS) is 11.8. The van der Waals surface area contributed by atoms with E-state index in [2.05, 4.69) is 10.3 Å². The van der Waals surface area contributed by atoms with E-state index in [0.29, 0.717) is 4.34 Å². The van der Waals surface area contributed by atoms with Crippen molar-refractivity contribution >= 4 is 45.7 Å². The lowest BCUT2D eigenvalue weighted by molar-refractivity contribution is -0.991. The van der Waals surface area contributed by atoms with Gasteiger partial charge in [0.1, 0.15) is 10.6 Å². The van der Waals surface area contributed by atoms with E-state index in [-0.39, 0.29) is 28.6 Å². The molecule has 0 aliphatic heterocycles. The average Bonchev–Trinajstić information content (AvgIpc) is 2.98. The summed E-state index contributed by atoms with van der Waals surface area (Å²) < 4.78 is 5.51. The molecule has 1 amide bonds. The summed E-state index contributed by atoms with van der Waals surface area (Å²) in [7, 11) is 0. The maximum absolute atomic E-state index is 12.4. The number of nitrogens with zero attached hydrogens (tertiary/aromatic N) is 1. The summed E-state index contributed by atoms with van der Waals surface area (Å²) in [6.07, 6.45) is 1.79. The number of nitrogens with one attached hydrogen (secondary N) is 2. The molecule has 1 aromatic heterocycles. The highest BCUT2D eigenvalue weighted by atomic mass is 32.2. The van der Waals surface area contributed by atoms with Gasteiger partial charge in [-0.2, -0.15) is 5.23 Å². The first-order chi connectivity index (χ1) is 11.5. The lowest BCUT2D eigenvalue weighted by atomic mass is 10.1. The average molecular weight is 369 g/mol. The highest BCUT2D eigenvalue weighted by molar-refractivity contribution is 8.00. The van der Waals surface area contributed by atoms with Gasteiger partial charge in [-0.15, -0.1) is 0 Å². The van der Waals surface area contributed by atoms with Crippen LogP contribution < -0.4 is 10.5 Å². The Labute approximate surface area is 146 Å². The van der Waals surface area contributed by atoms with E-state index in [4.69, 9.17) is 9.94 Å². The van der Waals surface area contributed by atoms with E-state index in [1.165, 1.54) is 30.0 Å².